The first-order chi connectivity index (χ1) is 13.5. The fraction of sp³-hybridized carbons (Fsp3) is 0.125. The predicted octanol–water partition coefficient (Wildman–Crippen LogP) is 6.46. The van der Waals surface area contributed by atoms with Crippen LogP contribution in [0.3, 0.4) is 0 Å². The molecule has 3 aromatic carbocycles. The molecule has 0 atom stereocenters. The van der Waals surface area contributed by atoms with Crippen molar-refractivity contribution in [3.05, 3.63) is 87.6 Å². The molecular weight excluding hydrogens is 368 g/mol. The second kappa shape index (κ2) is 7.49. The molecule has 0 bridgehead atoms. The van der Waals surface area contributed by atoms with Gasteiger partial charge in [-0.1, -0.05) is 24.3 Å². The maximum atomic E-state index is 11.6. The predicted molar refractivity (Wildman–Crippen MR) is 114 cm³/mol. The van der Waals surface area contributed by atoms with Crippen LogP contribution in [0.5, 0.6) is 5.75 Å². The Bertz CT molecular complexity index is 1140. The average Bonchev–Trinajstić information content (AvgIpc) is 3.21. The SMILES string of the molecule is Cc1cccc(C)c1COc1ccc2c(-c3ccsc3)cc(C(=O)O)cc2c1. The maximum absolute atomic E-state index is 11.6. The Morgan fingerprint density at radius 3 is 2.50 bits per heavy atom. The highest BCUT2D eigenvalue weighted by Gasteiger charge is 2.12. The average molecular weight is 388 g/mol. The van der Waals surface area contributed by atoms with Gasteiger partial charge in [0.15, 0.2) is 0 Å². The summed E-state index contributed by atoms with van der Waals surface area (Å²) in [5.41, 5.74) is 5.82. The third kappa shape index (κ3) is 3.51. The first kappa shape index (κ1) is 18.3. The van der Waals surface area contributed by atoms with E-state index in [-0.39, 0.29) is 5.56 Å². The molecule has 1 aromatic heterocycles. The Kier molecular flexibility index (Phi) is 4.88. The van der Waals surface area contributed by atoms with Crippen molar-refractivity contribution in [3.63, 3.8) is 0 Å². The zero-order valence-electron chi connectivity index (χ0n) is 15.7. The lowest BCUT2D eigenvalue weighted by Gasteiger charge is -2.13. The molecule has 1 N–H and O–H groups in total. The van der Waals surface area contributed by atoms with Crippen molar-refractivity contribution in [1.29, 1.82) is 0 Å². The third-order valence-electron chi connectivity index (χ3n) is 5.03. The van der Waals surface area contributed by atoms with Crippen molar-refractivity contribution in [2.24, 2.45) is 0 Å². The van der Waals surface area contributed by atoms with Gasteiger partial charge in [0.1, 0.15) is 12.4 Å². The number of carbonyl (C=O) groups is 1. The van der Waals surface area contributed by atoms with E-state index in [1.807, 2.05) is 41.1 Å². The van der Waals surface area contributed by atoms with Gasteiger partial charge in [-0.05, 0) is 93.5 Å². The minimum Gasteiger partial charge on any atom is -0.489 e. The molecule has 0 aliphatic carbocycles. The van der Waals surface area contributed by atoms with Gasteiger partial charge in [0.05, 0.1) is 5.56 Å². The molecule has 0 spiro atoms. The van der Waals surface area contributed by atoms with E-state index in [1.165, 1.54) is 16.7 Å². The number of benzene rings is 3. The minimum atomic E-state index is -0.930. The maximum Gasteiger partial charge on any atom is 0.335 e. The number of hydrogen-bond acceptors (Lipinski definition) is 3. The zero-order valence-corrected chi connectivity index (χ0v) is 16.5. The van der Waals surface area contributed by atoms with Crippen molar-refractivity contribution in [2.45, 2.75) is 20.5 Å². The zero-order chi connectivity index (χ0) is 19.7. The van der Waals surface area contributed by atoms with Gasteiger partial charge in [-0.15, -0.1) is 0 Å². The molecule has 0 aliphatic heterocycles. The van der Waals surface area contributed by atoms with Crippen molar-refractivity contribution >= 4 is 28.1 Å². The van der Waals surface area contributed by atoms with E-state index in [9.17, 15) is 9.90 Å². The molecule has 28 heavy (non-hydrogen) atoms. The van der Waals surface area contributed by atoms with E-state index < -0.39 is 5.97 Å². The Balaban J connectivity index is 1.73. The van der Waals surface area contributed by atoms with E-state index in [1.54, 1.807) is 23.5 Å². The Labute approximate surface area is 167 Å². The van der Waals surface area contributed by atoms with Crippen LogP contribution in [0.1, 0.15) is 27.0 Å². The Hall–Kier alpha value is -3.11. The van der Waals surface area contributed by atoms with Gasteiger partial charge in [-0.2, -0.15) is 11.3 Å². The first-order valence-electron chi connectivity index (χ1n) is 9.04. The molecule has 1 heterocycles. The minimum absolute atomic E-state index is 0.278. The number of fused-ring (bicyclic) bond motifs is 1. The van der Waals surface area contributed by atoms with Crippen LogP contribution in [0, 0.1) is 13.8 Å². The summed E-state index contributed by atoms with van der Waals surface area (Å²) in [6, 6.07) is 17.5. The fourth-order valence-corrected chi connectivity index (χ4v) is 4.11. The van der Waals surface area contributed by atoms with Gasteiger partial charge in [0.2, 0.25) is 0 Å². The highest BCUT2D eigenvalue weighted by Crippen LogP contribution is 2.34. The molecule has 0 unspecified atom stereocenters. The molecule has 0 fully saturated rings. The highest BCUT2D eigenvalue weighted by atomic mass is 32.1. The molecule has 3 nitrogen and oxygen atoms in total. The molecule has 4 heteroatoms. The standard InChI is InChI=1S/C24H20O3S/c1-15-4-3-5-16(2)23(15)13-27-20-6-7-21-18(11-20)10-19(24(25)26)12-22(21)17-8-9-28-14-17/h3-12,14H,13H2,1-2H3,(H,25,26). The number of aryl methyl sites for hydroxylation is 2. The summed E-state index contributed by atoms with van der Waals surface area (Å²) >= 11 is 1.60. The Morgan fingerprint density at radius 1 is 1.04 bits per heavy atom. The summed E-state index contributed by atoms with van der Waals surface area (Å²) < 4.78 is 6.05. The summed E-state index contributed by atoms with van der Waals surface area (Å²) in [4.78, 5) is 11.6. The monoisotopic (exact) mass is 388 g/mol. The van der Waals surface area contributed by atoms with Crippen LogP contribution in [-0.4, -0.2) is 11.1 Å². The summed E-state index contributed by atoms with van der Waals surface area (Å²) in [7, 11) is 0. The second-order valence-electron chi connectivity index (χ2n) is 6.88. The van der Waals surface area contributed by atoms with E-state index in [0.717, 1.165) is 27.6 Å². The summed E-state index contributed by atoms with van der Waals surface area (Å²) in [6.45, 7) is 4.65. The van der Waals surface area contributed by atoms with Crippen LogP contribution >= 0.6 is 11.3 Å². The number of carboxylic acid groups (broad SMARTS) is 1. The third-order valence-corrected chi connectivity index (χ3v) is 5.71. The van der Waals surface area contributed by atoms with Crippen LogP contribution in [0.15, 0.2) is 65.4 Å². The van der Waals surface area contributed by atoms with Crippen LogP contribution in [0.25, 0.3) is 21.9 Å². The van der Waals surface area contributed by atoms with Gasteiger partial charge in [-0.3, -0.25) is 0 Å². The molecular formula is C24H20O3S. The topological polar surface area (TPSA) is 46.5 Å². The van der Waals surface area contributed by atoms with Gasteiger partial charge in [-0.25, -0.2) is 4.79 Å². The van der Waals surface area contributed by atoms with Crippen LogP contribution in [0.4, 0.5) is 0 Å². The molecule has 0 aliphatic rings. The number of rotatable bonds is 5. The van der Waals surface area contributed by atoms with Crippen molar-refractivity contribution < 1.29 is 14.6 Å². The van der Waals surface area contributed by atoms with E-state index in [0.29, 0.717) is 6.61 Å². The van der Waals surface area contributed by atoms with Crippen LogP contribution < -0.4 is 4.74 Å². The number of aromatic carboxylic acids is 1. The van der Waals surface area contributed by atoms with Crippen LogP contribution in [0.2, 0.25) is 0 Å². The van der Waals surface area contributed by atoms with Gasteiger partial charge in [0, 0.05) is 0 Å². The number of thiophene rings is 1. The van der Waals surface area contributed by atoms with Crippen LogP contribution in [-0.2, 0) is 6.61 Å². The number of carboxylic acids is 1. The van der Waals surface area contributed by atoms with Gasteiger partial charge < -0.3 is 9.84 Å². The molecule has 0 saturated heterocycles. The van der Waals surface area contributed by atoms with Gasteiger partial charge >= 0.3 is 5.97 Å². The largest absolute Gasteiger partial charge is 0.489 e. The summed E-state index contributed by atoms with van der Waals surface area (Å²) in [6.07, 6.45) is 0. The summed E-state index contributed by atoms with van der Waals surface area (Å²) in [5.74, 6) is -0.200. The molecule has 0 amide bonds. The highest BCUT2D eigenvalue weighted by molar-refractivity contribution is 7.08. The lowest BCUT2D eigenvalue weighted by molar-refractivity contribution is 0.0697. The normalized spacial score (nSPS) is 10.9. The second-order valence-corrected chi connectivity index (χ2v) is 7.66. The molecule has 140 valence electrons. The lowest BCUT2D eigenvalue weighted by Crippen LogP contribution is -2.01. The molecule has 4 aromatic rings. The molecule has 0 saturated carbocycles. The number of ether oxygens (including phenoxy) is 1. The first-order valence-corrected chi connectivity index (χ1v) is 9.99. The van der Waals surface area contributed by atoms with Crippen molar-refractivity contribution in [1.82, 2.24) is 0 Å². The smallest absolute Gasteiger partial charge is 0.335 e. The fourth-order valence-electron chi connectivity index (χ4n) is 3.45. The Morgan fingerprint density at radius 2 is 1.82 bits per heavy atom. The lowest BCUT2D eigenvalue weighted by atomic mass is 9.97. The van der Waals surface area contributed by atoms with E-state index in [2.05, 4.69) is 26.0 Å². The molecule has 4 rings (SSSR count). The number of hydrogen-bond donors (Lipinski definition) is 1. The molecule has 0 radical (unpaired) electrons. The summed E-state index contributed by atoms with van der Waals surface area (Å²) in [5, 5.41) is 15.4. The van der Waals surface area contributed by atoms with Gasteiger partial charge in [0.25, 0.3) is 0 Å². The van der Waals surface area contributed by atoms with Crippen molar-refractivity contribution in [3.8, 4) is 16.9 Å². The quantitative estimate of drug-likeness (QED) is 0.427. The van der Waals surface area contributed by atoms with Crippen molar-refractivity contribution in [2.75, 3.05) is 0 Å². The van der Waals surface area contributed by atoms with E-state index >= 15 is 0 Å². The van der Waals surface area contributed by atoms with E-state index in [4.69, 9.17) is 4.74 Å².